The molecule has 0 radical (unpaired) electrons. The first kappa shape index (κ1) is 18.9. The number of nitrogens with two attached hydrogens (primary N) is 1. The molecule has 3 aromatic rings. The molecule has 3 heterocycles. The molecule has 1 aliphatic rings. The van der Waals surface area contributed by atoms with E-state index < -0.39 is 12.2 Å². The first-order valence-corrected chi connectivity index (χ1v) is 9.44. The van der Waals surface area contributed by atoms with Crippen LogP contribution in [0.3, 0.4) is 0 Å². The van der Waals surface area contributed by atoms with E-state index in [1.165, 1.54) is 6.20 Å². The summed E-state index contributed by atoms with van der Waals surface area (Å²) in [4.78, 5) is 11.2. The number of rotatable bonds is 3. The van der Waals surface area contributed by atoms with Crippen LogP contribution in [0.25, 0.3) is 11.0 Å². The molecule has 4 rings (SSSR count). The van der Waals surface area contributed by atoms with Crippen LogP contribution >= 0.6 is 0 Å². The first-order valence-electron chi connectivity index (χ1n) is 9.44. The second-order valence-electron chi connectivity index (χ2n) is 7.27. The van der Waals surface area contributed by atoms with Crippen LogP contribution in [0.15, 0.2) is 36.5 Å². The number of anilines is 1. The summed E-state index contributed by atoms with van der Waals surface area (Å²) in [5, 5.41) is 18.4. The molecule has 0 bridgehead atoms. The molecule has 7 nitrogen and oxygen atoms in total. The maximum absolute atomic E-state index is 13.9. The predicted molar refractivity (Wildman–Crippen MR) is 107 cm³/mol. The minimum Gasteiger partial charge on any atom is -0.340 e. The zero-order chi connectivity index (χ0) is 20.5. The quantitative estimate of drug-likeness (QED) is 0.738. The van der Waals surface area contributed by atoms with Gasteiger partial charge in [-0.2, -0.15) is 10.5 Å². The molecule has 1 aromatic carbocycles. The molecule has 0 aliphatic carbocycles. The van der Waals surface area contributed by atoms with Crippen LogP contribution in [0.1, 0.15) is 36.2 Å². The lowest BCUT2D eigenvalue weighted by Crippen LogP contribution is -2.50. The summed E-state index contributed by atoms with van der Waals surface area (Å²) < 4.78 is 15.9. The molecule has 1 unspecified atom stereocenters. The summed E-state index contributed by atoms with van der Waals surface area (Å²) in [5.41, 5.74) is 9.30. The second kappa shape index (κ2) is 7.50. The minimum absolute atomic E-state index is 0.212. The molecular formula is C21H20FN7. The minimum atomic E-state index is -1.02. The van der Waals surface area contributed by atoms with Gasteiger partial charge in [0.15, 0.2) is 0 Å². The van der Waals surface area contributed by atoms with Crippen LogP contribution < -0.4 is 10.6 Å². The highest BCUT2D eigenvalue weighted by Gasteiger charge is 2.30. The van der Waals surface area contributed by atoms with E-state index in [1.54, 1.807) is 18.2 Å². The lowest BCUT2D eigenvalue weighted by Gasteiger charge is -2.34. The van der Waals surface area contributed by atoms with Crippen molar-refractivity contribution < 1.29 is 4.39 Å². The van der Waals surface area contributed by atoms with Gasteiger partial charge in [-0.3, -0.25) is 4.98 Å². The number of benzene rings is 1. The standard InChI is InChI=1S/C21H20FN7/c1-13(18-4-3-15(10-24)11-26-18)29-20-8-14(9-23)2-5-19(20)27-21(29)28-7-6-16(22)17(25)12-28/h2-5,8,11,13,16-17H,6-7,12,25H2,1H3/t13?,16-,17-/m1/s1. The van der Waals surface area contributed by atoms with Gasteiger partial charge in [0.05, 0.1) is 46.0 Å². The second-order valence-corrected chi connectivity index (χ2v) is 7.27. The molecule has 1 saturated heterocycles. The van der Waals surface area contributed by atoms with Gasteiger partial charge in [-0.1, -0.05) is 0 Å². The topological polar surface area (TPSA) is 108 Å². The summed E-state index contributed by atoms with van der Waals surface area (Å²) in [6, 6.07) is 12.3. The van der Waals surface area contributed by atoms with Crippen LogP contribution in [-0.2, 0) is 0 Å². The molecule has 1 aliphatic heterocycles. The van der Waals surface area contributed by atoms with Crippen molar-refractivity contribution in [1.82, 2.24) is 14.5 Å². The Morgan fingerprint density at radius 1 is 1.21 bits per heavy atom. The van der Waals surface area contributed by atoms with Crippen LogP contribution in [0.2, 0.25) is 0 Å². The number of pyridine rings is 1. The SMILES string of the molecule is CC(c1ccc(C#N)cn1)n1c(N2CC[C@@H](F)[C@H](N)C2)nc2ccc(C#N)cc21. The highest BCUT2D eigenvalue weighted by atomic mass is 19.1. The van der Waals surface area contributed by atoms with Crippen molar-refractivity contribution in [2.75, 3.05) is 18.0 Å². The number of alkyl halides is 1. The maximum Gasteiger partial charge on any atom is 0.207 e. The van der Waals surface area contributed by atoms with Gasteiger partial charge in [0.1, 0.15) is 12.2 Å². The Labute approximate surface area is 167 Å². The zero-order valence-corrected chi connectivity index (χ0v) is 16.0. The Hall–Kier alpha value is -3.49. The third kappa shape index (κ3) is 3.39. The van der Waals surface area contributed by atoms with E-state index >= 15 is 0 Å². The molecule has 3 atom stereocenters. The van der Waals surface area contributed by atoms with Crippen molar-refractivity contribution in [2.24, 2.45) is 5.73 Å². The largest absolute Gasteiger partial charge is 0.340 e. The van der Waals surface area contributed by atoms with Crippen LogP contribution in [0, 0.1) is 22.7 Å². The molecule has 29 heavy (non-hydrogen) atoms. The van der Waals surface area contributed by atoms with Gasteiger partial charge in [0, 0.05) is 19.3 Å². The number of imidazole rings is 1. The molecular weight excluding hydrogens is 369 g/mol. The number of aromatic nitrogens is 3. The van der Waals surface area contributed by atoms with Crippen molar-refractivity contribution in [3.63, 3.8) is 0 Å². The number of piperidine rings is 1. The van der Waals surface area contributed by atoms with Gasteiger partial charge in [-0.15, -0.1) is 0 Å². The van der Waals surface area contributed by atoms with E-state index in [0.717, 1.165) is 16.7 Å². The number of nitrogens with zero attached hydrogens (tertiary/aromatic N) is 6. The van der Waals surface area contributed by atoms with Crippen molar-refractivity contribution in [1.29, 1.82) is 10.5 Å². The maximum atomic E-state index is 13.9. The van der Waals surface area contributed by atoms with E-state index in [-0.39, 0.29) is 6.04 Å². The average Bonchev–Trinajstić information content (AvgIpc) is 3.13. The predicted octanol–water partition coefficient (Wildman–Crippen LogP) is 2.66. The molecule has 0 spiro atoms. The van der Waals surface area contributed by atoms with Gasteiger partial charge in [0.25, 0.3) is 0 Å². The fourth-order valence-corrected chi connectivity index (χ4v) is 3.74. The Morgan fingerprint density at radius 2 is 1.97 bits per heavy atom. The van der Waals surface area contributed by atoms with Crippen molar-refractivity contribution in [3.05, 3.63) is 53.3 Å². The van der Waals surface area contributed by atoms with Gasteiger partial charge < -0.3 is 15.2 Å². The Morgan fingerprint density at radius 3 is 2.62 bits per heavy atom. The first-order chi connectivity index (χ1) is 14.0. The van der Waals surface area contributed by atoms with Gasteiger partial charge in [-0.25, -0.2) is 9.37 Å². The van der Waals surface area contributed by atoms with Crippen LogP contribution in [0.4, 0.5) is 10.3 Å². The Bertz CT molecular complexity index is 1120. The Balaban J connectivity index is 1.84. The van der Waals surface area contributed by atoms with Gasteiger partial charge in [0.2, 0.25) is 5.95 Å². The normalized spacial score (nSPS) is 20.2. The van der Waals surface area contributed by atoms with Crippen LogP contribution in [-0.4, -0.2) is 39.8 Å². The van der Waals surface area contributed by atoms with E-state index in [4.69, 9.17) is 16.0 Å². The van der Waals surface area contributed by atoms with Crippen molar-refractivity contribution in [3.8, 4) is 12.1 Å². The molecule has 0 saturated carbocycles. The van der Waals surface area contributed by atoms with E-state index in [2.05, 4.69) is 17.1 Å². The lowest BCUT2D eigenvalue weighted by atomic mass is 10.1. The highest BCUT2D eigenvalue weighted by Crippen LogP contribution is 2.32. The van der Waals surface area contributed by atoms with Crippen LogP contribution in [0.5, 0.6) is 0 Å². The third-order valence-corrected chi connectivity index (χ3v) is 5.38. The van der Waals surface area contributed by atoms with Gasteiger partial charge in [-0.05, 0) is 43.7 Å². The summed E-state index contributed by atoms with van der Waals surface area (Å²) in [7, 11) is 0. The van der Waals surface area contributed by atoms with E-state index in [0.29, 0.717) is 36.6 Å². The third-order valence-electron chi connectivity index (χ3n) is 5.38. The highest BCUT2D eigenvalue weighted by molar-refractivity contribution is 5.81. The number of hydrogen-bond donors (Lipinski definition) is 1. The number of hydrogen-bond acceptors (Lipinski definition) is 6. The molecule has 1 fully saturated rings. The summed E-state index contributed by atoms with van der Waals surface area (Å²) >= 11 is 0. The van der Waals surface area contributed by atoms with Crippen molar-refractivity contribution >= 4 is 17.0 Å². The molecule has 8 heteroatoms. The van der Waals surface area contributed by atoms with E-state index in [9.17, 15) is 9.65 Å². The number of halogens is 1. The molecule has 2 N–H and O–H groups in total. The number of fused-ring (bicyclic) bond motifs is 1. The zero-order valence-electron chi connectivity index (χ0n) is 16.0. The Kier molecular flexibility index (Phi) is 4.87. The number of nitriles is 2. The summed E-state index contributed by atoms with van der Waals surface area (Å²) in [5.74, 6) is 0.677. The monoisotopic (exact) mass is 389 g/mol. The van der Waals surface area contributed by atoms with E-state index in [1.807, 2.05) is 28.5 Å². The molecule has 2 aromatic heterocycles. The average molecular weight is 389 g/mol. The lowest BCUT2D eigenvalue weighted by molar-refractivity contribution is 0.243. The summed E-state index contributed by atoms with van der Waals surface area (Å²) in [6.45, 7) is 2.86. The smallest absolute Gasteiger partial charge is 0.207 e. The molecule has 0 amide bonds. The fraction of sp³-hybridized carbons (Fsp3) is 0.333. The molecule has 146 valence electrons. The van der Waals surface area contributed by atoms with Crippen molar-refractivity contribution in [2.45, 2.75) is 31.6 Å². The summed E-state index contributed by atoms with van der Waals surface area (Å²) in [6.07, 6.45) is 0.861. The fourth-order valence-electron chi connectivity index (χ4n) is 3.74. The van der Waals surface area contributed by atoms with Gasteiger partial charge >= 0.3 is 0 Å².